The average Bonchev–Trinajstić information content (AvgIpc) is 2.71. The largest absolute Gasteiger partial charge is 0.497 e. The van der Waals surface area contributed by atoms with Crippen LogP contribution in [-0.4, -0.2) is 43.0 Å². The number of carbonyl (C=O) groups excluding carboxylic acids is 2. The number of amides is 2. The molecule has 2 aromatic rings. The van der Waals surface area contributed by atoms with Crippen molar-refractivity contribution >= 4 is 11.8 Å². The topological polar surface area (TPSA) is 67.9 Å². The second-order valence-electron chi connectivity index (χ2n) is 6.19. The highest BCUT2D eigenvalue weighted by Crippen LogP contribution is 2.17. The Bertz CT molecular complexity index is 795. The summed E-state index contributed by atoms with van der Waals surface area (Å²) in [6, 6.07) is 12.0. The number of benzene rings is 2. The lowest BCUT2D eigenvalue weighted by molar-refractivity contribution is -0.142. The number of hydrogen-bond donors (Lipinski definition) is 1. The van der Waals surface area contributed by atoms with Crippen molar-refractivity contribution in [3.8, 4) is 11.5 Å². The van der Waals surface area contributed by atoms with Gasteiger partial charge in [-0.05, 0) is 55.8 Å². The maximum atomic E-state index is 13.0. The number of likely N-dealkylation sites (N-methyl/N-ethyl adjacent to an activating group) is 1. The highest BCUT2D eigenvalue weighted by atomic mass is 19.1. The third kappa shape index (κ3) is 5.97. The summed E-state index contributed by atoms with van der Waals surface area (Å²) >= 11 is 0. The Morgan fingerprint density at radius 3 is 2.50 bits per heavy atom. The first-order chi connectivity index (χ1) is 13.4. The van der Waals surface area contributed by atoms with Gasteiger partial charge in [0.2, 0.25) is 5.91 Å². The van der Waals surface area contributed by atoms with Crippen LogP contribution in [0.25, 0.3) is 0 Å². The van der Waals surface area contributed by atoms with E-state index >= 15 is 0 Å². The molecule has 1 N–H and O–H groups in total. The van der Waals surface area contributed by atoms with E-state index in [1.165, 1.54) is 29.2 Å². The molecule has 0 radical (unpaired) electrons. The van der Waals surface area contributed by atoms with Crippen molar-refractivity contribution in [1.82, 2.24) is 10.2 Å². The van der Waals surface area contributed by atoms with E-state index in [2.05, 4.69) is 5.32 Å². The molecule has 0 saturated heterocycles. The molecule has 0 fully saturated rings. The molecule has 2 rings (SSSR count). The summed E-state index contributed by atoms with van der Waals surface area (Å²) in [6.07, 6.45) is 0. The lowest BCUT2D eigenvalue weighted by atomic mass is 10.1. The Labute approximate surface area is 164 Å². The van der Waals surface area contributed by atoms with Gasteiger partial charge in [-0.15, -0.1) is 0 Å². The van der Waals surface area contributed by atoms with Crippen LogP contribution in [-0.2, 0) is 16.1 Å². The van der Waals surface area contributed by atoms with Gasteiger partial charge in [-0.3, -0.25) is 9.59 Å². The number of nitrogens with one attached hydrogen (secondary N) is 1. The van der Waals surface area contributed by atoms with Crippen LogP contribution >= 0.6 is 0 Å². The number of carbonyl (C=O) groups is 2. The Hall–Kier alpha value is -3.09. The molecule has 6 nitrogen and oxygen atoms in total. The van der Waals surface area contributed by atoms with Crippen molar-refractivity contribution in [3.63, 3.8) is 0 Å². The number of nitrogens with zero attached hydrogens (tertiary/aromatic N) is 1. The molecule has 0 bridgehead atoms. The van der Waals surface area contributed by atoms with E-state index in [1.54, 1.807) is 20.1 Å². The molecule has 2 aromatic carbocycles. The molecule has 150 valence electrons. The molecular formula is C21H25FN2O4. The van der Waals surface area contributed by atoms with Crippen molar-refractivity contribution in [2.75, 3.05) is 20.3 Å². The summed E-state index contributed by atoms with van der Waals surface area (Å²) in [7, 11) is 1.57. The molecule has 7 heteroatoms. The zero-order chi connectivity index (χ0) is 20.5. The summed E-state index contributed by atoms with van der Waals surface area (Å²) in [4.78, 5) is 26.6. The second kappa shape index (κ2) is 10.3. The van der Waals surface area contributed by atoms with E-state index < -0.39 is 6.04 Å². The molecule has 0 unspecified atom stereocenters. The molecule has 0 aromatic heterocycles. The van der Waals surface area contributed by atoms with E-state index in [-0.39, 0.29) is 30.8 Å². The number of methoxy groups -OCH3 is 1. The Morgan fingerprint density at radius 1 is 1.14 bits per heavy atom. The number of hydrogen-bond acceptors (Lipinski definition) is 4. The predicted octanol–water partition coefficient (Wildman–Crippen LogP) is 2.77. The zero-order valence-corrected chi connectivity index (χ0v) is 16.3. The molecule has 0 saturated carbocycles. The van der Waals surface area contributed by atoms with Gasteiger partial charge in [0.1, 0.15) is 23.4 Å². The van der Waals surface area contributed by atoms with E-state index in [9.17, 15) is 14.0 Å². The van der Waals surface area contributed by atoms with Gasteiger partial charge in [0.15, 0.2) is 6.61 Å². The molecular weight excluding hydrogens is 363 g/mol. The maximum absolute atomic E-state index is 13.0. The highest BCUT2D eigenvalue weighted by Gasteiger charge is 2.26. The lowest BCUT2D eigenvalue weighted by Gasteiger charge is -2.28. The van der Waals surface area contributed by atoms with Crippen molar-refractivity contribution in [1.29, 1.82) is 0 Å². The van der Waals surface area contributed by atoms with Crippen LogP contribution in [0.2, 0.25) is 0 Å². The van der Waals surface area contributed by atoms with Crippen LogP contribution in [0, 0.1) is 5.82 Å². The minimum atomic E-state index is -0.685. The first kappa shape index (κ1) is 21.2. The van der Waals surface area contributed by atoms with Crippen molar-refractivity contribution in [3.05, 3.63) is 59.9 Å². The number of halogens is 1. The summed E-state index contributed by atoms with van der Waals surface area (Å²) in [5.41, 5.74) is 0.825. The molecule has 0 heterocycles. The maximum Gasteiger partial charge on any atom is 0.261 e. The van der Waals surface area contributed by atoms with Crippen LogP contribution in [0.5, 0.6) is 11.5 Å². The van der Waals surface area contributed by atoms with Gasteiger partial charge < -0.3 is 19.7 Å². The fourth-order valence-electron chi connectivity index (χ4n) is 2.63. The van der Waals surface area contributed by atoms with Gasteiger partial charge >= 0.3 is 0 Å². The van der Waals surface area contributed by atoms with E-state index in [1.807, 2.05) is 25.1 Å². The van der Waals surface area contributed by atoms with Gasteiger partial charge in [-0.25, -0.2) is 4.39 Å². The molecule has 0 aliphatic rings. The van der Waals surface area contributed by atoms with Crippen molar-refractivity contribution < 1.29 is 23.5 Å². The fraction of sp³-hybridized carbons (Fsp3) is 0.333. The molecule has 0 aliphatic heterocycles. The second-order valence-corrected chi connectivity index (χ2v) is 6.19. The van der Waals surface area contributed by atoms with Crippen LogP contribution < -0.4 is 14.8 Å². The van der Waals surface area contributed by atoms with Gasteiger partial charge in [0, 0.05) is 13.1 Å². The van der Waals surface area contributed by atoms with Gasteiger partial charge in [-0.1, -0.05) is 12.1 Å². The summed E-state index contributed by atoms with van der Waals surface area (Å²) in [5, 5.41) is 2.73. The number of rotatable bonds is 9. The quantitative estimate of drug-likeness (QED) is 0.717. The monoisotopic (exact) mass is 388 g/mol. The first-order valence-electron chi connectivity index (χ1n) is 9.03. The normalized spacial score (nSPS) is 11.4. The van der Waals surface area contributed by atoms with Crippen LogP contribution in [0.4, 0.5) is 4.39 Å². The van der Waals surface area contributed by atoms with Crippen molar-refractivity contribution in [2.24, 2.45) is 0 Å². The summed E-state index contributed by atoms with van der Waals surface area (Å²) in [5.74, 6) is 0.0504. The molecule has 0 spiro atoms. The third-order valence-electron chi connectivity index (χ3n) is 4.18. The van der Waals surface area contributed by atoms with Gasteiger partial charge in [-0.2, -0.15) is 0 Å². The number of ether oxygens (including phenoxy) is 2. The van der Waals surface area contributed by atoms with E-state index in [0.29, 0.717) is 18.0 Å². The standard InChI is InChI=1S/C21H25FN2O4/c1-4-23-21(26)15(2)24(13-16-6-5-7-19(12-16)27-3)20(25)14-28-18-10-8-17(22)9-11-18/h5-12,15H,4,13-14H2,1-3H3,(H,23,26)/t15-/m0/s1. The summed E-state index contributed by atoms with van der Waals surface area (Å²) in [6.45, 7) is 3.91. The minimum absolute atomic E-state index is 0.223. The zero-order valence-electron chi connectivity index (χ0n) is 16.3. The first-order valence-corrected chi connectivity index (χ1v) is 9.03. The van der Waals surface area contributed by atoms with Crippen molar-refractivity contribution in [2.45, 2.75) is 26.4 Å². The molecule has 28 heavy (non-hydrogen) atoms. The predicted molar refractivity (Wildman–Crippen MR) is 104 cm³/mol. The van der Waals surface area contributed by atoms with Gasteiger partial charge in [0.25, 0.3) is 5.91 Å². The Balaban J connectivity index is 2.14. The summed E-state index contributed by atoms with van der Waals surface area (Å²) < 4.78 is 23.7. The molecule has 0 aliphatic carbocycles. The third-order valence-corrected chi connectivity index (χ3v) is 4.18. The lowest BCUT2D eigenvalue weighted by Crippen LogP contribution is -2.49. The van der Waals surface area contributed by atoms with Gasteiger partial charge in [0.05, 0.1) is 7.11 Å². The van der Waals surface area contributed by atoms with Crippen LogP contribution in [0.1, 0.15) is 19.4 Å². The highest BCUT2D eigenvalue weighted by molar-refractivity contribution is 5.87. The van der Waals surface area contributed by atoms with Crippen LogP contribution in [0.15, 0.2) is 48.5 Å². The van der Waals surface area contributed by atoms with E-state index in [0.717, 1.165) is 5.56 Å². The van der Waals surface area contributed by atoms with Crippen LogP contribution in [0.3, 0.4) is 0 Å². The minimum Gasteiger partial charge on any atom is -0.497 e. The smallest absolute Gasteiger partial charge is 0.261 e. The molecule has 1 atom stereocenters. The Kier molecular flexibility index (Phi) is 7.80. The fourth-order valence-corrected chi connectivity index (χ4v) is 2.63. The Morgan fingerprint density at radius 2 is 1.86 bits per heavy atom. The SMILES string of the molecule is CCNC(=O)[C@H](C)N(Cc1cccc(OC)c1)C(=O)COc1ccc(F)cc1. The molecule has 2 amide bonds. The average molecular weight is 388 g/mol. The van der Waals surface area contributed by atoms with E-state index in [4.69, 9.17) is 9.47 Å².